The van der Waals surface area contributed by atoms with Crippen LogP contribution >= 0.6 is 0 Å². The summed E-state index contributed by atoms with van der Waals surface area (Å²) >= 11 is 0. The summed E-state index contributed by atoms with van der Waals surface area (Å²) in [5, 5.41) is 4.58. The lowest BCUT2D eigenvalue weighted by atomic mass is 10.1. The molecule has 4 aromatic rings. The van der Waals surface area contributed by atoms with Crippen molar-refractivity contribution in [1.29, 1.82) is 0 Å². The Morgan fingerprint density at radius 1 is 0.968 bits per heavy atom. The number of likely N-dealkylation sites (N-methyl/N-ethyl adjacent to an activating group) is 1. The zero-order valence-corrected chi connectivity index (χ0v) is 17.4. The summed E-state index contributed by atoms with van der Waals surface area (Å²) in [4.78, 5) is 17.1. The fourth-order valence-corrected chi connectivity index (χ4v) is 4.09. The fraction of sp³-hybridized carbons (Fsp3) is 0.250. The number of amides is 1. The van der Waals surface area contributed by atoms with Gasteiger partial charge < -0.3 is 14.2 Å². The van der Waals surface area contributed by atoms with E-state index in [1.165, 1.54) is 12.1 Å². The van der Waals surface area contributed by atoms with Crippen LogP contribution < -0.4 is 0 Å². The van der Waals surface area contributed by atoms with Crippen LogP contribution in [0.1, 0.15) is 16.9 Å². The molecule has 0 saturated carbocycles. The third kappa shape index (κ3) is 3.84. The van der Waals surface area contributed by atoms with E-state index < -0.39 is 0 Å². The molecular formula is C24H24FN5O. The zero-order chi connectivity index (χ0) is 21.4. The van der Waals surface area contributed by atoms with E-state index in [1.807, 2.05) is 52.0 Å². The molecule has 1 aliphatic heterocycles. The molecule has 4 heterocycles. The molecule has 158 valence electrons. The molecule has 0 radical (unpaired) electrons. The quantitative estimate of drug-likeness (QED) is 0.511. The first-order chi connectivity index (χ1) is 15.1. The van der Waals surface area contributed by atoms with Gasteiger partial charge in [0, 0.05) is 37.5 Å². The van der Waals surface area contributed by atoms with Gasteiger partial charge in [0.2, 0.25) is 0 Å². The standard InChI is InChI=1S/C24H24FN5O/c1-27-11-3-12-28(15-14-27)24(31)22-10-13-30(26-22)23-9-8-21-7-6-19(17-29(21)23)18-4-2-5-20(25)16-18/h2,4-10,13,16-17H,3,11-12,14-15H2,1H3. The maximum atomic E-state index is 13.7. The molecule has 5 rings (SSSR count). The number of benzene rings is 1. The number of nitrogens with zero attached hydrogens (tertiary/aromatic N) is 5. The second-order valence-corrected chi connectivity index (χ2v) is 8.01. The molecule has 0 aliphatic carbocycles. The molecule has 0 atom stereocenters. The van der Waals surface area contributed by atoms with Crippen molar-refractivity contribution in [3.63, 3.8) is 0 Å². The monoisotopic (exact) mass is 417 g/mol. The van der Waals surface area contributed by atoms with Gasteiger partial charge in [-0.05, 0) is 67.5 Å². The highest BCUT2D eigenvalue weighted by atomic mass is 19.1. The van der Waals surface area contributed by atoms with Gasteiger partial charge in [-0.25, -0.2) is 9.07 Å². The van der Waals surface area contributed by atoms with Gasteiger partial charge in [-0.2, -0.15) is 5.10 Å². The van der Waals surface area contributed by atoms with E-state index in [4.69, 9.17) is 0 Å². The lowest BCUT2D eigenvalue weighted by Gasteiger charge is -2.19. The number of pyridine rings is 1. The lowest BCUT2D eigenvalue weighted by Crippen LogP contribution is -2.34. The van der Waals surface area contributed by atoms with E-state index in [2.05, 4.69) is 17.0 Å². The minimum absolute atomic E-state index is 0.0321. The first-order valence-corrected chi connectivity index (χ1v) is 10.5. The third-order valence-corrected chi connectivity index (χ3v) is 5.84. The SMILES string of the molecule is CN1CCCN(C(=O)c2ccn(-c3ccc4ccc(-c5cccc(F)c5)cn34)n2)CC1. The summed E-state index contributed by atoms with van der Waals surface area (Å²) in [6.45, 7) is 3.34. The second kappa shape index (κ2) is 8.00. The van der Waals surface area contributed by atoms with E-state index >= 15 is 0 Å². The molecule has 7 heteroatoms. The third-order valence-electron chi connectivity index (χ3n) is 5.84. The molecular weight excluding hydrogens is 393 g/mol. The van der Waals surface area contributed by atoms with Gasteiger partial charge in [0.15, 0.2) is 5.69 Å². The van der Waals surface area contributed by atoms with Crippen molar-refractivity contribution >= 4 is 11.4 Å². The first kappa shape index (κ1) is 19.5. The van der Waals surface area contributed by atoms with Crippen LogP contribution in [0.4, 0.5) is 4.39 Å². The molecule has 6 nitrogen and oxygen atoms in total. The maximum Gasteiger partial charge on any atom is 0.274 e. The molecule has 0 bridgehead atoms. The van der Waals surface area contributed by atoms with Crippen LogP contribution in [0.15, 0.2) is 67.0 Å². The van der Waals surface area contributed by atoms with Crippen molar-refractivity contribution in [1.82, 2.24) is 24.0 Å². The Morgan fingerprint density at radius 2 is 1.84 bits per heavy atom. The topological polar surface area (TPSA) is 45.8 Å². The van der Waals surface area contributed by atoms with Crippen molar-refractivity contribution in [2.24, 2.45) is 0 Å². The first-order valence-electron chi connectivity index (χ1n) is 10.5. The molecule has 31 heavy (non-hydrogen) atoms. The number of hydrogen-bond donors (Lipinski definition) is 0. The van der Waals surface area contributed by atoms with Crippen LogP contribution in [0.25, 0.3) is 22.5 Å². The minimum atomic E-state index is -0.264. The fourth-order valence-electron chi connectivity index (χ4n) is 4.09. The number of rotatable bonds is 3. The Hall–Kier alpha value is -3.45. The number of hydrogen-bond acceptors (Lipinski definition) is 3. The van der Waals surface area contributed by atoms with Crippen LogP contribution in [-0.4, -0.2) is 63.1 Å². The normalized spacial score (nSPS) is 15.4. The Labute approximate surface area is 180 Å². The molecule has 0 N–H and O–H groups in total. The Balaban J connectivity index is 1.45. The van der Waals surface area contributed by atoms with Gasteiger partial charge in [-0.15, -0.1) is 0 Å². The molecule has 1 aliphatic rings. The van der Waals surface area contributed by atoms with Gasteiger partial charge in [0.05, 0.1) is 0 Å². The number of carbonyl (C=O) groups excluding carboxylic acids is 1. The summed E-state index contributed by atoms with van der Waals surface area (Å²) in [5.74, 6) is 0.526. The predicted molar refractivity (Wildman–Crippen MR) is 118 cm³/mol. The van der Waals surface area contributed by atoms with Gasteiger partial charge in [-0.3, -0.25) is 4.79 Å². The summed E-state index contributed by atoms with van der Waals surface area (Å²) in [5.41, 5.74) is 3.15. The van der Waals surface area contributed by atoms with Gasteiger partial charge in [0.1, 0.15) is 11.6 Å². The molecule has 1 fully saturated rings. The molecule has 1 saturated heterocycles. The van der Waals surface area contributed by atoms with Gasteiger partial charge in [-0.1, -0.05) is 18.2 Å². The number of aromatic nitrogens is 3. The Bertz CT molecular complexity index is 1240. The smallest absolute Gasteiger partial charge is 0.274 e. The number of carbonyl (C=O) groups is 1. The van der Waals surface area contributed by atoms with Gasteiger partial charge >= 0.3 is 0 Å². The average molecular weight is 417 g/mol. The Morgan fingerprint density at radius 3 is 2.71 bits per heavy atom. The molecule has 3 aromatic heterocycles. The van der Waals surface area contributed by atoms with E-state index in [0.29, 0.717) is 12.2 Å². The van der Waals surface area contributed by atoms with Crippen LogP contribution in [0.5, 0.6) is 0 Å². The maximum absolute atomic E-state index is 13.7. The number of halogens is 1. The van der Waals surface area contributed by atoms with E-state index in [0.717, 1.165) is 48.5 Å². The van der Waals surface area contributed by atoms with Crippen molar-refractivity contribution in [3.8, 4) is 16.9 Å². The van der Waals surface area contributed by atoms with Crippen LogP contribution in [0.2, 0.25) is 0 Å². The number of fused-ring (bicyclic) bond motifs is 1. The van der Waals surface area contributed by atoms with Crippen LogP contribution in [0, 0.1) is 5.82 Å². The highest BCUT2D eigenvalue weighted by Crippen LogP contribution is 2.23. The summed E-state index contributed by atoms with van der Waals surface area (Å²) in [6.07, 6.45) is 4.75. The Kier molecular flexibility index (Phi) is 5.03. The second-order valence-electron chi connectivity index (χ2n) is 8.01. The summed E-state index contributed by atoms with van der Waals surface area (Å²) in [6, 6.07) is 16.3. The average Bonchev–Trinajstić information content (AvgIpc) is 3.36. The van der Waals surface area contributed by atoms with Crippen molar-refractivity contribution in [2.45, 2.75) is 6.42 Å². The van der Waals surface area contributed by atoms with Gasteiger partial charge in [0.25, 0.3) is 5.91 Å². The highest BCUT2D eigenvalue weighted by Gasteiger charge is 2.21. The molecule has 0 spiro atoms. The van der Waals surface area contributed by atoms with Crippen molar-refractivity contribution in [3.05, 3.63) is 78.5 Å². The molecule has 0 unspecified atom stereocenters. The van der Waals surface area contributed by atoms with Crippen molar-refractivity contribution in [2.75, 3.05) is 33.2 Å². The lowest BCUT2D eigenvalue weighted by molar-refractivity contribution is 0.0756. The summed E-state index contributed by atoms with van der Waals surface area (Å²) in [7, 11) is 2.08. The minimum Gasteiger partial charge on any atom is -0.336 e. The van der Waals surface area contributed by atoms with Crippen molar-refractivity contribution < 1.29 is 9.18 Å². The highest BCUT2D eigenvalue weighted by molar-refractivity contribution is 5.92. The zero-order valence-electron chi connectivity index (χ0n) is 17.4. The molecule has 1 amide bonds. The predicted octanol–water partition coefficient (Wildman–Crippen LogP) is 3.71. The van der Waals surface area contributed by atoms with Crippen LogP contribution in [-0.2, 0) is 0 Å². The largest absolute Gasteiger partial charge is 0.336 e. The summed E-state index contributed by atoms with van der Waals surface area (Å²) < 4.78 is 17.4. The van der Waals surface area contributed by atoms with Crippen LogP contribution in [0.3, 0.4) is 0 Å². The van der Waals surface area contributed by atoms with E-state index in [1.54, 1.807) is 16.8 Å². The molecule has 1 aromatic carbocycles. The van der Waals surface area contributed by atoms with E-state index in [-0.39, 0.29) is 11.7 Å². The van der Waals surface area contributed by atoms with E-state index in [9.17, 15) is 9.18 Å².